The molecule has 0 bridgehead atoms. The van der Waals surface area contributed by atoms with Crippen LogP contribution in [0.5, 0.6) is 5.88 Å². The van der Waals surface area contributed by atoms with Crippen LogP contribution < -0.4 is 4.74 Å². The monoisotopic (exact) mass is 267 g/mol. The van der Waals surface area contributed by atoms with E-state index in [1.807, 2.05) is 0 Å². The fraction of sp³-hybridized carbons (Fsp3) is 0.667. The molecule has 2 rings (SSSR count). The predicted octanol–water partition coefficient (Wildman–Crippen LogP) is 3.31. The Balaban J connectivity index is 2.12. The van der Waals surface area contributed by atoms with Crippen molar-refractivity contribution < 1.29 is 14.2 Å². The molecule has 1 saturated carbocycles. The molecule has 1 aromatic heterocycles. The summed E-state index contributed by atoms with van der Waals surface area (Å²) >= 11 is 0. The zero-order valence-corrected chi connectivity index (χ0v) is 11.8. The first-order chi connectivity index (χ1) is 8.89. The third-order valence-corrected chi connectivity index (χ3v) is 3.69. The van der Waals surface area contributed by atoms with E-state index in [0.717, 1.165) is 19.0 Å². The Bertz CT molecular complexity index is 448. The van der Waals surface area contributed by atoms with E-state index in [1.54, 1.807) is 0 Å². The average molecular weight is 267 g/mol. The Hall–Kier alpha value is -1.16. The van der Waals surface area contributed by atoms with Crippen molar-refractivity contribution in [3.8, 4) is 5.88 Å². The first kappa shape index (κ1) is 14.3. The molecule has 0 aromatic carbocycles. The lowest BCUT2D eigenvalue weighted by atomic mass is 9.71. The summed E-state index contributed by atoms with van der Waals surface area (Å²) in [5, 5.41) is 9.24. The molecule has 2 unspecified atom stereocenters. The molecule has 0 amide bonds. The lowest BCUT2D eigenvalue weighted by Gasteiger charge is -2.38. The molecular formula is C15H22FNO2. The van der Waals surface area contributed by atoms with Crippen LogP contribution >= 0.6 is 0 Å². The summed E-state index contributed by atoms with van der Waals surface area (Å²) in [4.78, 5) is 3.96. The van der Waals surface area contributed by atoms with Gasteiger partial charge in [-0.05, 0) is 36.7 Å². The van der Waals surface area contributed by atoms with Crippen LogP contribution in [0.25, 0.3) is 0 Å². The minimum Gasteiger partial charge on any atom is -0.474 e. The van der Waals surface area contributed by atoms with Crippen molar-refractivity contribution in [3.63, 3.8) is 0 Å². The molecule has 2 atom stereocenters. The van der Waals surface area contributed by atoms with Crippen molar-refractivity contribution >= 4 is 0 Å². The molecule has 0 aliphatic heterocycles. The van der Waals surface area contributed by atoms with Gasteiger partial charge in [0.2, 0.25) is 5.88 Å². The minimum absolute atomic E-state index is 0.0852. The lowest BCUT2D eigenvalue weighted by molar-refractivity contribution is 0.0515. The highest BCUT2D eigenvalue weighted by Crippen LogP contribution is 2.40. The number of ether oxygens (including phenoxy) is 1. The molecule has 4 heteroatoms. The van der Waals surface area contributed by atoms with Gasteiger partial charge < -0.3 is 9.84 Å². The summed E-state index contributed by atoms with van der Waals surface area (Å²) in [7, 11) is 0. The molecule has 3 nitrogen and oxygen atoms in total. The van der Waals surface area contributed by atoms with E-state index in [0.29, 0.717) is 17.4 Å². The smallest absolute Gasteiger partial charge is 0.219 e. The fourth-order valence-electron chi connectivity index (χ4n) is 3.19. The molecule has 106 valence electrons. The van der Waals surface area contributed by atoms with Crippen molar-refractivity contribution in [2.24, 2.45) is 11.3 Å². The molecule has 1 aromatic rings. The maximum absolute atomic E-state index is 13.1. The molecule has 1 aliphatic rings. The molecule has 0 radical (unpaired) electrons. The first-order valence-corrected chi connectivity index (χ1v) is 6.81. The van der Waals surface area contributed by atoms with Gasteiger partial charge in [0.15, 0.2) is 0 Å². The van der Waals surface area contributed by atoms with Gasteiger partial charge in [0.1, 0.15) is 11.9 Å². The van der Waals surface area contributed by atoms with Crippen LogP contribution in [-0.4, -0.2) is 16.2 Å². The molecular weight excluding hydrogens is 245 g/mol. The van der Waals surface area contributed by atoms with Gasteiger partial charge in [0.25, 0.3) is 0 Å². The van der Waals surface area contributed by atoms with Gasteiger partial charge in [-0.1, -0.05) is 20.8 Å². The highest BCUT2D eigenvalue weighted by Gasteiger charge is 2.33. The van der Waals surface area contributed by atoms with Crippen molar-refractivity contribution in [1.82, 2.24) is 4.98 Å². The molecule has 1 fully saturated rings. The van der Waals surface area contributed by atoms with Crippen LogP contribution in [0, 0.1) is 17.2 Å². The van der Waals surface area contributed by atoms with Gasteiger partial charge >= 0.3 is 0 Å². The summed E-state index contributed by atoms with van der Waals surface area (Å²) in [6.45, 7) is 6.45. The Morgan fingerprint density at radius 2 is 2.21 bits per heavy atom. The van der Waals surface area contributed by atoms with Crippen LogP contribution in [0.15, 0.2) is 12.3 Å². The number of pyridine rings is 1. The predicted molar refractivity (Wildman–Crippen MR) is 71.3 cm³/mol. The van der Waals surface area contributed by atoms with Crippen LogP contribution in [0.4, 0.5) is 4.39 Å². The molecule has 19 heavy (non-hydrogen) atoms. The molecule has 1 aliphatic carbocycles. The zero-order chi connectivity index (χ0) is 14.0. The van der Waals surface area contributed by atoms with E-state index >= 15 is 0 Å². The molecule has 1 N–H and O–H groups in total. The zero-order valence-electron chi connectivity index (χ0n) is 11.8. The standard InChI is InChI=1S/C15H22FNO2/c1-10-4-13(7-15(2,3)6-10)19-14-11(9-18)5-12(16)8-17-14/h5,8,10,13,18H,4,6-7,9H2,1-3H3. The van der Waals surface area contributed by atoms with Crippen LogP contribution in [0.1, 0.15) is 45.6 Å². The second-order valence-corrected chi connectivity index (χ2v) is 6.43. The maximum atomic E-state index is 13.1. The van der Waals surface area contributed by atoms with E-state index in [4.69, 9.17) is 4.74 Å². The summed E-state index contributed by atoms with van der Waals surface area (Å²) in [6, 6.07) is 1.28. The van der Waals surface area contributed by atoms with Crippen molar-refractivity contribution in [2.45, 2.75) is 52.7 Å². The van der Waals surface area contributed by atoms with Gasteiger partial charge in [-0.15, -0.1) is 0 Å². The average Bonchev–Trinajstić information content (AvgIpc) is 2.28. The van der Waals surface area contributed by atoms with Crippen molar-refractivity contribution in [2.75, 3.05) is 0 Å². The van der Waals surface area contributed by atoms with Crippen molar-refractivity contribution in [3.05, 3.63) is 23.6 Å². The molecule has 1 heterocycles. The van der Waals surface area contributed by atoms with Gasteiger partial charge in [-0.25, -0.2) is 9.37 Å². The van der Waals surface area contributed by atoms with Gasteiger partial charge in [0, 0.05) is 5.56 Å². The summed E-state index contributed by atoms with van der Waals surface area (Å²) in [5.74, 6) is 0.513. The summed E-state index contributed by atoms with van der Waals surface area (Å²) < 4.78 is 19.0. The third-order valence-electron chi connectivity index (χ3n) is 3.69. The fourth-order valence-corrected chi connectivity index (χ4v) is 3.19. The number of hydrogen-bond acceptors (Lipinski definition) is 3. The number of nitrogens with zero attached hydrogens (tertiary/aromatic N) is 1. The number of aromatic nitrogens is 1. The number of aliphatic hydroxyl groups is 1. The Labute approximate surface area is 113 Å². The second kappa shape index (κ2) is 5.45. The van der Waals surface area contributed by atoms with Gasteiger partial charge in [0.05, 0.1) is 12.8 Å². The summed E-state index contributed by atoms with van der Waals surface area (Å²) in [6.07, 6.45) is 4.35. The number of halogens is 1. The highest BCUT2D eigenvalue weighted by molar-refractivity contribution is 5.25. The van der Waals surface area contributed by atoms with Gasteiger partial charge in [-0.2, -0.15) is 0 Å². The van der Waals surface area contributed by atoms with Crippen LogP contribution in [0.2, 0.25) is 0 Å². The third kappa shape index (κ3) is 3.66. The van der Waals surface area contributed by atoms with E-state index in [9.17, 15) is 9.50 Å². The maximum Gasteiger partial charge on any atom is 0.219 e. The van der Waals surface area contributed by atoms with Crippen LogP contribution in [-0.2, 0) is 6.61 Å². The Kier molecular flexibility index (Phi) is 4.09. The number of aliphatic hydroxyl groups excluding tert-OH is 1. The largest absolute Gasteiger partial charge is 0.474 e. The SMILES string of the molecule is CC1CC(Oc2ncc(F)cc2CO)CC(C)(C)C1. The van der Waals surface area contributed by atoms with E-state index in [-0.39, 0.29) is 18.1 Å². The molecule has 0 spiro atoms. The quantitative estimate of drug-likeness (QED) is 0.913. The Morgan fingerprint density at radius 3 is 2.84 bits per heavy atom. The van der Waals surface area contributed by atoms with Crippen molar-refractivity contribution in [1.29, 1.82) is 0 Å². The topological polar surface area (TPSA) is 42.4 Å². The lowest BCUT2D eigenvalue weighted by Crippen LogP contribution is -2.34. The second-order valence-electron chi connectivity index (χ2n) is 6.43. The normalized spacial score (nSPS) is 26.2. The molecule has 0 saturated heterocycles. The Morgan fingerprint density at radius 1 is 1.47 bits per heavy atom. The number of hydrogen-bond donors (Lipinski definition) is 1. The van der Waals surface area contributed by atoms with E-state index in [1.165, 1.54) is 12.5 Å². The minimum atomic E-state index is -0.450. The van der Waals surface area contributed by atoms with E-state index < -0.39 is 5.82 Å². The van der Waals surface area contributed by atoms with Gasteiger partial charge in [-0.3, -0.25) is 0 Å². The van der Waals surface area contributed by atoms with Crippen LogP contribution in [0.3, 0.4) is 0 Å². The van der Waals surface area contributed by atoms with E-state index in [2.05, 4.69) is 25.8 Å². The number of rotatable bonds is 3. The summed E-state index contributed by atoms with van der Waals surface area (Å²) in [5.41, 5.74) is 0.665. The highest BCUT2D eigenvalue weighted by atomic mass is 19.1. The first-order valence-electron chi connectivity index (χ1n) is 6.81.